The quantitative estimate of drug-likeness (QED) is 0.381. The molecule has 0 N–H and O–H groups in total. The highest BCUT2D eigenvalue weighted by molar-refractivity contribution is 7.08. The molecule has 1 aliphatic rings. The molecular weight excluding hydrogens is 412 g/mol. The van der Waals surface area contributed by atoms with Gasteiger partial charge in [-0.2, -0.15) is 11.3 Å². The Morgan fingerprint density at radius 2 is 1.65 bits per heavy atom. The summed E-state index contributed by atoms with van der Waals surface area (Å²) in [5.74, 6) is 0. The van der Waals surface area contributed by atoms with Crippen molar-refractivity contribution >= 4 is 30.7 Å². The summed E-state index contributed by atoms with van der Waals surface area (Å²) >= 11 is 1.79. The highest BCUT2D eigenvalue weighted by Gasteiger charge is 2.45. The van der Waals surface area contributed by atoms with Gasteiger partial charge in [-0.25, -0.2) is 0 Å². The SMILES string of the molecule is Cc1cscc1C1=CC([Si](C)(C)C(C)(C)C)c2ncc(-c3ccc(N(C)C)cc3)cc21. The molecule has 0 aliphatic heterocycles. The van der Waals surface area contributed by atoms with E-state index in [4.69, 9.17) is 4.98 Å². The first-order valence-corrected chi connectivity index (χ1v) is 15.1. The molecule has 0 fully saturated rings. The number of fused-ring (bicyclic) bond motifs is 1. The van der Waals surface area contributed by atoms with Crippen LogP contribution < -0.4 is 4.90 Å². The third-order valence-corrected chi connectivity index (χ3v) is 14.1. The van der Waals surface area contributed by atoms with Crippen LogP contribution in [0.15, 0.2) is 53.4 Å². The molecule has 2 aromatic heterocycles. The molecule has 0 saturated carbocycles. The number of aryl methyl sites for hydroxylation is 1. The molecule has 4 rings (SSSR count). The second-order valence-electron chi connectivity index (χ2n) is 10.6. The smallest absolute Gasteiger partial charge is 0.0669 e. The van der Waals surface area contributed by atoms with E-state index in [9.17, 15) is 0 Å². The van der Waals surface area contributed by atoms with Gasteiger partial charge >= 0.3 is 0 Å². The summed E-state index contributed by atoms with van der Waals surface area (Å²) in [5.41, 5.74) is 10.8. The Labute approximate surface area is 192 Å². The van der Waals surface area contributed by atoms with E-state index < -0.39 is 8.07 Å². The van der Waals surface area contributed by atoms with Crippen molar-refractivity contribution < 1.29 is 0 Å². The van der Waals surface area contributed by atoms with Gasteiger partial charge in [0.05, 0.1) is 13.8 Å². The number of nitrogens with zero attached hydrogens (tertiary/aromatic N) is 2. The number of allylic oxidation sites excluding steroid dienone is 1. The van der Waals surface area contributed by atoms with Crippen LogP contribution >= 0.6 is 11.3 Å². The van der Waals surface area contributed by atoms with Gasteiger partial charge in [0.2, 0.25) is 0 Å². The Balaban J connectivity index is 1.85. The van der Waals surface area contributed by atoms with Crippen molar-refractivity contribution in [3.63, 3.8) is 0 Å². The molecule has 3 aromatic rings. The number of anilines is 1. The first-order valence-electron chi connectivity index (χ1n) is 11.0. The molecule has 0 saturated heterocycles. The van der Waals surface area contributed by atoms with Crippen LogP contribution in [0.25, 0.3) is 16.7 Å². The molecule has 31 heavy (non-hydrogen) atoms. The molecular formula is C27H34N2SSi. The zero-order valence-electron chi connectivity index (χ0n) is 20.1. The second kappa shape index (κ2) is 7.75. The zero-order valence-corrected chi connectivity index (χ0v) is 21.9. The fraction of sp³-hybridized carbons (Fsp3) is 0.370. The van der Waals surface area contributed by atoms with Crippen LogP contribution in [0.1, 0.15) is 48.7 Å². The lowest BCUT2D eigenvalue weighted by Crippen LogP contribution is -2.43. The maximum absolute atomic E-state index is 5.12. The van der Waals surface area contributed by atoms with Gasteiger partial charge in [-0.15, -0.1) is 0 Å². The molecule has 162 valence electrons. The van der Waals surface area contributed by atoms with Gasteiger partial charge < -0.3 is 4.90 Å². The highest BCUT2D eigenvalue weighted by atomic mass is 32.1. The number of aromatic nitrogens is 1. The van der Waals surface area contributed by atoms with Gasteiger partial charge in [-0.3, -0.25) is 4.98 Å². The highest BCUT2D eigenvalue weighted by Crippen LogP contribution is 2.51. The maximum Gasteiger partial charge on any atom is 0.0669 e. The minimum Gasteiger partial charge on any atom is -0.378 e. The third-order valence-electron chi connectivity index (χ3n) is 7.41. The molecule has 0 spiro atoms. The van der Waals surface area contributed by atoms with Crippen molar-refractivity contribution in [1.29, 1.82) is 0 Å². The van der Waals surface area contributed by atoms with E-state index >= 15 is 0 Å². The monoisotopic (exact) mass is 446 g/mol. The van der Waals surface area contributed by atoms with Crippen LogP contribution in [-0.2, 0) is 0 Å². The van der Waals surface area contributed by atoms with E-state index in [1.165, 1.54) is 44.8 Å². The predicted molar refractivity (Wildman–Crippen MR) is 140 cm³/mol. The molecule has 0 amide bonds. The molecule has 1 aromatic carbocycles. The molecule has 0 bridgehead atoms. The van der Waals surface area contributed by atoms with Crippen molar-refractivity contribution in [3.05, 3.63) is 75.7 Å². The van der Waals surface area contributed by atoms with Crippen LogP contribution in [0, 0.1) is 6.92 Å². The topological polar surface area (TPSA) is 16.1 Å². The summed E-state index contributed by atoms with van der Waals surface area (Å²) < 4.78 is 0. The summed E-state index contributed by atoms with van der Waals surface area (Å²) in [5, 5.41) is 4.86. The van der Waals surface area contributed by atoms with Gasteiger partial charge in [0, 0.05) is 42.6 Å². The van der Waals surface area contributed by atoms with Crippen LogP contribution in [-0.4, -0.2) is 27.2 Å². The Morgan fingerprint density at radius 1 is 0.968 bits per heavy atom. The van der Waals surface area contributed by atoms with E-state index in [1.54, 1.807) is 11.3 Å². The van der Waals surface area contributed by atoms with Crippen LogP contribution in [0.2, 0.25) is 18.1 Å². The lowest BCUT2D eigenvalue weighted by Gasteiger charge is -2.41. The minimum absolute atomic E-state index is 0.299. The van der Waals surface area contributed by atoms with E-state index in [-0.39, 0.29) is 0 Å². The fourth-order valence-corrected chi connectivity index (χ4v) is 7.55. The molecule has 2 nitrogen and oxygen atoms in total. The molecule has 1 atom stereocenters. The van der Waals surface area contributed by atoms with Crippen LogP contribution in [0.3, 0.4) is 0 Å². The molecule has 1 aliphatic carbocycles. The largest absolute Gasteiger partial charge is 0.378 e. The molecule has 2 heterocycles. The Kier molecular flexibility index (Phi) is 5.51. The number of hydrogen-bond donors (Lipinski definition) is 0. The average Bonchev–Trinajstić information content (AvgIpc) is 3.30. The lowest BCUT2D eigenvalue weighted by molar-refractivity contribution is 0.703. The number of benzene rings is 1. The summed E-state index contributed by atoms with van der Waals surface area (Å²) in [4.78, 5) is 7.25. The second-order valence-corrected chi connectivity index (χ2v) is 16.9. The zero-order chi connectivity index (χ0) is 22.6. The summed E-state index contributed by atoms with van der Waals surface area (Å²) in [6.45, 7) is 14.5. The van der Waals surface area contributed by atoms with Crippen molar-refractivity contribution in [3.8, 4) is 11.1 Å². The van der Waals surface area contributed by atoms with E-state index in [1.807, 2.05) is 0 Å². The van der Waals surface area contributed by atoms with Crippen LogP contribution in [0.5, 0.6) is 0 Å². The first-order chi connectivity index (χ1) is 14.5. The van der Waals surface area contributed by atoms with E-state index in [2.05, 4.69) is 113 Å². The molecule has 0 radical (unpaired) electrons. The predicted octanol–water partition coefficient (Wildman–Crippen LogP) is 7.76. The normalized spacial score (nSPS) is 16.3. The van der Waals surface area contributed by atoms with Crippen molar-refractivity contribution in [2.75, 3.05) is 19.0 Å². The first kappa shape index (κ1) is 22.0. The van der Waals surface area contributed by atoms with E-state index in [0.29, 0.717) is 10.6 Å². The fourth-order valence-electron chi connectivity index (χ4n) is 4.27. The molecule has 4 heteroatoms. The third kappa shape index (κ3) is 3.81. The van der Waals surface area contributed by atoms with Gasteiger partial charge in [0.15, 0.2) is 0 Å². The van der Waals surface area contributed by atoms with Gasteiger partial charge in [0.1, 0.15) is 0 Å². The number of pyridine rings is 1. The average molecular weight is 447 g/mol. The summed E-state index contributed by atoms with van der Waals surface area (Å²) in [6.07, 6.45) is 4.63. The standard InChI is InChI=1S/C27H34N2SSi/c1-18-16-30-17-24(18)22-14-25(31(7,8)27(2,3)4)26-23(22)13-20(15-28-26)19-9-11-21(12-10-19)29(5)6/h9-17,25H,1-8H3. The Bertz CT molecular complexity index is 1130. The lowest BCUT2D eigenvalue weighted by atomic mass is 9.98. The number of thiophene rings is 1. The van der Waals surface area contributed by atoms with Gasteiger partial charge in [-0.1, -0.05) is 52.1 Å². The van der Waals surface area contributed by atoms with Crippen LogP contribution in [0.4, 0.5) is 5.69 Å². The molecule has 1 unspecified atom stereocenters. The van der Waals surface area contributed by atoms with Gasteiger partial charge in [0.25, 0.3) is 0 Å². The maximum atomic E-state index is 5.12. The van der Waals surface area contributed by atoms with Gasteiger partial charge in [-0.05, 0) is 63.2 Å². The van der Waals surface area contributed by atoms with Crippen molar-refractivity contribution in [1.82, 2.24) is 4.98 Å². The number of rotatable bonds is 4. The summed E-state index contributed by atoms with van der Waals surface area (Å²) in [6, 6.07) is 11.2. The number of hydrogen-bond acceptors (Lipinski definition) is 3. The Hall–Kier alpha value is -2.17. The van der Waals surface area contributed by atoms with Crippen molar-refractivity contribution in [2.45, 2.75) is 51.4 Å². The van der Waals surface area contributed by atoms with Crippen molar-refractivity contribution in [2.24, 2.45) is 0 Å². The Morgan fingerprint density at radius 3 is 2.19 bits per heavy atom. The minimum atomic E-state index is -1.65. The van der Waals surface area contributed by atoms with E-state index in [0.717, 1.165) is 0 Å². The summed E-state index contributed by atoms with van der Waals surface area (Å²) in [7, 11) is 2.50.